The Morgan fingerprint density at radius 3 is 2.30 bits per heavy atom. The summed E-state index contributed by atoms with van der Waals surface area (Å²) in [6, 6.07) is 10.7. The highest BCUT2D eigenvalue weighted by Gasteiger charge is 2.21. The lowest BCUT2D eigenvalue weighted by Crippen LogP contribution is -1.93. The Morgan fingerprint density at radius 2 is 1.61 bits per heavy atom. The normalized spacial score (nSPS) is 16.6. The topological polar surface area (TPSA) is 25.5 Å². The SMILES string of the molecule is CC.CC1=CC(c2c(C)ccc3c2oc2c(C)cccc23)N=C1. The van der Waals surface area contributed by atoms with Crippen LogP contribution in [0.4, 0.5) is 0 Å². The van der Waals surface area contributed by atoms with Crippen LogP contribution in [0.2, 0.25) is 0 Å². The molecule has 2 nitrogen and oxygen atoms in total. The second-order valence-corrected chi connectivity index (χ2v) is 5.86. The minimum absolute atomic E-state index is 0.0783. The van der Waals surface area contributed by atoms with Gasteiger partial charge in [0.1, 0.15) is 11.2 Å². The number of para-hydroxylation sites is 1. The summed E-state index contributed by atoms with van der Waals surface area (Å²) in [5, 5.41) is 2.37. The first-order valence-corrected chi connectivity index (χ1v) is 8.28. The highest BCUT2D eigenvalue weighted by molar-refractivity contribution is 6.07. The van der Waals surface area contributed by atoms with Gasteiger partial charge in [0.15, 0.2) is 0 Å². The van der Waals surface area contributed by atoms with Crippen LogP contribution in [0.3, 0.4) is 0 Å². The number of fused-ring (bicyclic) bond motifs is 3. The van der Waals surface area contributed by atoms with Crippen molar-refractivity contribution in [2.75, 3.05) is 0 Å². The Labute approximate surface area is 137 Å². The van der Waals surface area contributed by atoms with E-state index < -0.39 is 0 Å². The molecular weight excluding hydrogens is 282 g/mol. The molecule has 1 unspecified atom stereocenters. The molecule has 0 saturated carbocycles. The number of aryl methyl sites for hydroxylation is 2. The molecule has 23 heavy (non-hydrogen) atoms. The quantitative estimate of drug-likeness (QED) is 0.518. The zero-order chi connectivity index (χ0) is 16.6. The van der Waals surface area contributed by atoms with Gasteiger partial charge in [-0.25, -0.2) is 0 Å². The minimum Gasteiger partial charge on any atom is -0.455 e. The first-order chi connectivity index (χ1) is 11.1. The first-order valence-electron chi connectivity index (χ1n) is 8.28. The first kappa shape index (κ1) is 15.5. The summed E-state index contributed by atoms with van der Waals surface area (Å²) < 4.78 is 6.24. The number of aliphatic imine (C=N–C) groups is 1. The number of rotatable bonds is 1. The molecular formula is C21H23NO. The van der Waals surface area contributed by atoms with E-state index in [1.165, 1.54) is 33.0 Å². The van der Waals surface area contributed by atoms with Crippen LogP contribution in [-0.2, 0) is 0 Å². The van der Waals surface area contributed by atoms with Crippen molar-refractivity contribution in [1.82, 2.24) is 0 Å². The lowest BCUT2D eigenvalue weighted by Gasteiger charge is -2.09. The van der Waals surface area contributed by atoms with Crippen LogP contribution < -0.4 is 0 Å². The van der Waals surface area contributed by atoms with Gasteiger partial charge < -0.3 is 4.42 Å². The van der Waals surface area contributed by atoms with E-state index in [1.807, 2.05) is 20.1 Å². The maximum atomic E-state index is 6.24. The fourth-order valence-corrected chi connectivity index (χ4v) is 3.18. The van der Waals surface area contributed by atoms with Crippen molar-refractivity contribution in [3.63, 3.8) is 0 Å². The van der Waals surface area contributed by atoms with Crippen LogP contribution in [0.25, 0.3) is 21.9 Å². The van der Waals surface area contributed by atoms with Crippen molar-refractivity contribution in [3.8, 4) is 0 Å². The van der Waals surface area contributed by atoms with Crippen molar-refractivity contribution >= 4 is 28.2 Å². The van der Waals surface area contributed by atoms with Gasteiger partial charge in [-0.2, -0.15) is 0 Å². The lowest BCUT2D eigenvalue weighted by molar-refractivity contribution is 0.656. The molecule has 2 aromatic carbocycles. The van der Waals surface area contributed by atoms with Crippen molar-refractivity contribution in [2.24, 2.45) is 4.99 Å². The molecule has 1 aromatic heterocycles. The molecule has 2 heterocycles. The molecule has 0 bridgehead atoms. The van der Waals surface area contributed by atoms with Crippen molar-refractivity contribution in [3.05, 3.63) is 58.7 Å². The number of furan rings is 1. The average Bonchev–Trinajstić information content (AvgIpc) is 3.14. The van der Waals surface area contributed by atoms with Gasteiger partial charge in [-0.15, -0.1) is 0 Å². The van der Waals surface area contributed by atoms with Gasteiger partial charge in [-0.1, -0.05) is 50.3 Å². The molecule has 1 atom stereocenters. The maximum absolute atomic E-state index is 6.24. The third-order valence-electron chi connectivity index (χ3n) is 4.28. The van der Waals surface area contributed by atoms with E-state index in [2.05, 4.69) is 62.2 Å². The highest BCUT2D eigenvalue weighted by atomic mass is 16.3. The molecule has 118 valence electrons. The van der Waals surface area contributed by atoms with E-state index in [0.29, 0.717) is 0 Å². The minimum atomic E-state index is 0.0783. The highest BCUT2D eigenvalue weighted by Crippen LogP contribution is 2.38. The van der Waals surface area contributed by atoms with E-state index in [1.54, 1.807) is 0 Å². The fourth-order valence-electron chi connectivity index (χ4n) is 3.18. The molecule has 0 aliphatic carbocycles. The molecule has 0 saturated heterocycles. The number of benzene rings is 2. The molecule has 1 aliphatic heterocycles. The van der Waals surface area contributed by atoms with Crippen molar-refractivity contribution in [2.45, 2.75) is 40.7 Å². The predicted molar refractivity (Wildman–Crippen MR) is 99.5 cm³/mol. The Kier molecular flexibility index (Phi) is 4.08. The van der Waals surface area contributed by atoms with Gasteiger partial charge in [0.25, 0.3) is 0 Å². The standard InChI is InChI=1S/C19H17NO.C2H6/c1-11-9-16(20-10-11)17-12(2)7-8-15-14-6-4-5-13(3)18(14)21-19(15)17;1-2/h4-10,16H,1-3H3;1-2H3. The van der Waals surface area contributed by atoms with Crippen LogP contribution in [0.1, 0.15) is 43.5 Å². The smallest absolute Gasteiger partial charge is 0.141 e. The van der Waals surface area contributed by atoms with Crippen LogP contribution in [0.5, 0.6) is 0 Å². The van der Waals surface area contributed by atoms with Gasteiger partial charge in [0.2, 0.25) is 0 Å². The molecule has 0 fully saturated rings. The maximum Gasteiger partial charge on any atom is 0.141 e. The lowest BCUT2D eigenvalue weighted by atomic mass is 9.98. The second kappa shape index (κ2) is 6.04. The van der Waals surface area contributed by atoms with E-state index in [0.717, 1.165) is 11.2 Å². The molecule has 2 heteroatoms. The third-order valence-corrected chi connectivity index (χ3v) is 4.28. The molecule has 0 spiro atoms. The van der Waals surface area contributed by atoms with E-state index >= 15 is 0 Å². The summed E-state index contributed by atoms with van der Waals surface area (Å²) >= 11 is 0. The monoisotopic (exact) mass is 305 g/mol. The molecule has 3 aromatic rings. The number of hydrogen-bond acceptors (Lipinski definition) is 2. The number of hydrogen-bond donors (Lipinski definition) is 0. The molecule has 1 aliphatic rings. The van der Waals surface area contributed by atoms with Gasteiger partial charge in [-0.05, 0) is 37.5 Å². The number of nitrogens with zero attached hydrogens (tertiary/aromatic N) is 1. The Balaban J connectivity index is 0.000000753. The van der Waals surface area contributed by atoms with E-state index in [-0.39, 0.29) is 6.04 Å². The molecule has 0 amide bonds. The van der Waals surface area contributed by atoms with Gasteiger partial charge >= 0.3 is 0 Å². The zero-order valence-corrected chi connectivity index (χ0v) is 14.5. The van der Waals surface area contributed by atoms with Gasteiger partial charge in [0, 0.05) is 22.6 Å². The molecule has 4 rings (SSSR count). The predicted octanol–water partition coefficient (Wildman–Crippen LogP) is 6.30. The van der Waals surface area contributed by atoms with Crippen LogP contribution in [-0.4, -0.2) is 6.21 Å². The summed E-state index contributed by atoms with van der Waals surface area (Å²) in [6.45, 7) is 10.3. The Bertz CT molecular complexity index is 928. The summed E-state index contributed by atoms with van der Waals surface area (Å²) in [5.74, 6) is 0. The Morgan fingerprint density at radius 1 is 0.870 bits per heavy atom. The van der Waals surface area contributed by atoms with Gasteiger partial charge in [0.05, 0.1) is 6.04 Å². The third kappa shape index (κ3) is 2.48. The van der Waals surface area contributed by atoms with Crippen LogP contribution in [0, 0.1) is 13.8 Å². The summed E-state index contributed by atoms with van der Waals surface area (Å²) in [4.78, 5) is 4.61. The summed E-state index contributed by atoms with van der Waals surface area (Å²) in [6.07, 6.45) is 4.14. The molecule has 0 N–H and O–H groups in total. The van der Waals surface area contributed by atoms with E-state index in [4.69, 9.17) is 4.42 Å². The van der Waals surface area contributed by atoms with Gasteiger partial charge in [-0.3, -0.25) is 4.99 Å². The summed E-state index contributed by atoms with van der Waals surface area (Å²) in [7, 11) is 0. The van der Waals surface area contributed by atoms with Crippen molar-refractivity contribution in [1.29, 1.82) is 0 Å². The number of allylic oxidation sites excluding steroid dienone is 1. The molecule has 0 radical (unpaired) electrons. The van der Waals surface area contributed by atoms with E-state index in [9.17, 15) is 0 Å². The Hall–Kier alpha value is -2.35. The second-order valence-electron chi connectivity index (χ2n) is 5.86. The average molecular weight is 305 g/mol. The fraction of sp³-hybridized carbons (Fsp3) is 0.286. The van der Waals surface area contributed by atoms with Crippen LogP contribution >= 0.6 is 0 Å². The van der Waals surface area contributed by atoms with Crippen molar-refractivity contribution < 1.29 is 4.42 Å². The zero-order valence-electron chi connectivity index (χ0n) is 14.5. The largest absolute Gasteiger partial charge is 0.455 e. The van der Waals surface area contributed by atoms with Crippen LogP contribution in [0.15, 0.2) is 51.4 Å². The summed E-state index contributed by atoms with van der Waals surface area (Å²) in [5.41, 5.74) is 6.77.